The normalized spacial score (nSPS) is 34.2. The molecule has 19 heavy (non-hydrogen) atoms. The van der Waals surface area contributed by atoms with Gasteiger partial charge in [0.1, 0.15) is 0 Å². The monoisotopic (exact) mass is 286 g/mol. The molecule has 0 radical (unpaired) electrons. The summed E-state index contributed by atoms with van der Waals surface area (Å²) in [4.78, 5) is 12.1. The Kier molecular flexibility index (Phi) is 5.15. The molecule has 0 saturated carbocycles. The van der Waals surface area contributed by atoms with Crippen molar-refractivity contribution in [2.75, 3.05) is 18.1 Å². The molecule has 2 heterocycles. The zero-order chi connectivity index (χ0) is 13.9. The first-order chi connectivity index (χ1) is 9.06. The molecule has 0 aliphatic carbocycles. The standard InChI is InChI=1S/C14H26N2O2S/c1-3-10(2)12(15)13(17)16-11-4-6-18-14(8-11)5-7-19-9-14/h10-12H,3-9,15H2,1-2H3,(H,16,17). The van der Waals surface area contributed by atoms with E-state index in [1.54, 1.807) is 0 Å². The molecule has 4 unspecified atom stereocenters. The number of hydrogen-bond donors (Lipinski definition) is 2. The number of carbonyl (C=O) groups excluding carboxylic acids is 1. The molecule has 3 N–H and O–H groups in total. The van der Waals surface area contributed by atoms with E-state index in [1.165, 1.54) is 5.75 Å². The molecule has 2 saturated heterocycles. The lowest BCUT2D eigenvalue weighted by atomic mass is 9.89. The predicted octanol–water partition coefficient (Wildman–Crippen LogP) is 1.53. The average molecular weight is 286 g/mol. The van der Waals surface area contributed by atoms with Gasteiger partial charge in [0, 0.05) is 18.4 Å². The lowest BCUT2D eigenvalue weighted by Crippen LogP contribution is -2.53. The summed E-state index contributed by atoms with van der Waals surface area (Å²) in [5.74, 6) is 2.47. The fourth-order valence-electron chi connectivity index (χ4n) is 2.82. The fraction of sp³-hybridized carbons (Fsp3) is 0.929. The zero-order valence-corrected chi connectivity index (χ0v) is 12.8. The van der Waals surface area contributed by atoms with E-state index in [0.29, 0.717) is 0 Å². The topological polar surface area (TPSA) is 64.4 Å². The highest BCUT2D eigenvalue weighted by molar-refractivity contribution is 7.99. The highest BCUT2D eigenvalue weighted by Gasteiger charge is 2.41. The van der Waals surface area contributed by atoms with Crippen LogP contribution in [0.4, 0.5) is 0 Å². The van der Waals surface area contributed by atoms with Crippen molar-refractivity contribution in [2.45, 2.75) is 57.2 Å². The van der Waals surface area contributed by atoms with Gasteiger partial charge in [-0.2, -0.15) is 11.8 Å². The fourth-order valence-corrected chi connectivity index (χ4v) is 4.20. The molecule has 2 fully saturated rings. The quantitative estimate of drug-likeness (QED) is 0.822. The maximum absolute atomic E-state index is 12.1. The molecule has 2 aliphatic rings. The SMILES string of the molecule is CCC(C)C(N)C(=O)NC1CCOC2(CCSC2)C1. The van der Waals surface area contributed by atoms with Crippen molar-refractivity contribution >= 4 is 17.7 Å². The van der Waals surface area contributed by atoms with Gasteiger partial charge >= 0.3 is 0 Å². The minimum atomic E-state index is -0.387. The summed E-state index contributed by atoms with van der Waals surface area (Å²) in [6.07, 6.45) is 3.90. The molecule has 5 heteroatoms. The summed E-state index contributed by atoms with van der Waals surface area (Å²) in [5, 5.41) is 3.13. The summed E-state index contributed by atoms with van der Waals surface area (Å²) in [5.41, 5.74) is 6.00. The number of thioether (sulfide) groups is 1. The predicted molar refractivity (Wildman–Crippen MR) is 79.2 cm³/mol. The van der Waals surface area contributed by atoms with Crippen LogP contribution in [0.3, 0.4) is 0 Å². The Bertz CT molecular complexity index is 319. The molecule has 0 aromatic heterocycles. The first-order valence-corrected chi connectivity index (χ1v) is 8.49. The van der Waals surface area contributed by atoms with Gasteiger partial charge in [0.2, 0.25) is 5.91 Å². The van der Waals surface area contributed by atoms with Crippen LogP contribution in [0, 0.1) is 5.92 Å². The van der Waals surface area contributed by atoms with Gasteiger partial charge in [-0.25, -0.2) is 0 Å². The Balaban J connectivity index is 1.86. The van der Waals surface area contributed by atoms with Gasteiger partial charge in [-0.05, 0) is 30.9 Å². The Hall–Kier alpha value is -0.260. The van der Waals surface area contributed by atoms with Crippen LogP contribution < -0.4 is 11.1 Å². The van der Waals surface area contributed by atoms with Gasteiger partial charge in [-0.3, -0.25) is 4.79 Å². The highest BCUT2D eigenvalue weighted by atomic mass is 32.2. The molecule has 4 atom stereocenters. The molecule has 1 spiro atoms. The van der Waals surface area contributed by atoms with Gasteiger partial charge in [-0.1, -0.05) is 20.3 Å². The van der Waals surface area contributed by atoms with E-state index in [9.17, 15) is 4.79 Å². The Labute approximate surface area is 120 Å². The number of nitrogens with two attached hydrogens (primary N) is 1. The maximum Gasteiger partial charge on any atom is 0.237 e. The largest absolute Gasteiger partial charge is 0.374 e. The first kappa shape index (κ1) is 15.1. The molecular formula is C14H26N2O2S. The molecule has 0 aromatic carbocycles. The molecular weight excluding hydrogens is 260 g/mol. The van der Waals surface area contributed by atoms with Gasteiger partial charge in [0.15, 0.2) is 0 Å². The van der Waals surface area contributed by atoms with E-state index in [1.807, 2.05) is 18.7 Å². The molecule has 2 aliphatic heterocycles. The van der Waals surface area contributed by atoms with Crippen LogP contribution in [-0.4, -0.2) is 41.7 Å². The number of nitrogens with one attached hydrogen (secondary N) is 1. The third-order valence-corrected chi connectivity index (χ3v) is 5.69. The van der Waals surface area contributed by atoms with E-state index in [0.717, 1.165) is 38.0 Å². The van der Waals surface area contributed by atoms with Crippen LogP contribution in [-0.2, 0) is 9.53 Å². The second-order valence-corrected chi connectivity index (χ2v) is 7.05. The van der Waals surface area contributed by atoms with E-state index in [4.69, 9.17) is 10.5 Å². The summed E-state index contributed by atoms with van der Waals surface area (Å²) in [7, 11) is 0. The second-order valence-electron chi connectivity index (χ2n) is 5.94. The summed E-state index contributed by atoms with van der Waals surface area (Å²) in [6, 6.07) is -0.156. The van der Waals surface area contributed by atoms with Crippen molar-refractivity contribution < 1.29 is 9.53 Å². The number of ether oxygens (including phenoxy) is 1. The minimum absolute atomic E-state index is 0.00190. The van der Waals surface area contributed by atoms with Crippen LogP contribution in [0.5, 0.6) is 0 Å². The smallest absolute Gasteiger partial charge is 0.237 e. The second kappa shape index (κ2) is 6.46. The summed E-state index contributed by atoms with van der Waals surface area (Å²) >= 11 is 1.95. The molecule has 110 valence electrons. The molecule has 0 bridgehead atoms. The van der Waals surface area contributed by atoms with Crippen molar-refractivity contribution in [1.29, 1.82) is 0 Å². The molecule has 2 rings (SSSR count). The highest BCUT2D eigenvalue weighted by Crippen LogP contribution is 2.38. The van der Waals surface area contributed by atoms with Crippen molar-refractivity contribution in [3.63, 3.8) is 0 Å². The average Bonchev–Trinajstić information content (AvgIpc) is 2.84. The van der Waals surface area contributed by atoms with Crippen LogP contribution >= 0.6 is 11.8 Å². The minimum Gasteiger partial charge on any atom is -0.374 e. The van der Waals surface area contributed by atoms with E-state index in [-0.39, 0.29) is 29.5 Å². The van der Waals surface area contributed by atoms with Crippen molar-refractivity contribution in [1.82, 2.24) is 5.32 Å². The Morgan fingerprint density at radius 2 is 2.42 bits per heavy atom. The van der Waals surface area contributed by atoms with Gasteiger partial charge in [-0.15, -0.1) is 0 Å². The molecule has 0 aromatic rings. The lowest BCUT2D eigenvalue weighted by Gasteiger charge is -2.38. The van der Waals surface area contributed by atoms with Crippen LogP contribution in [0.2, 0.25) is 0 Å². The van der Waals surface area contributed by atoms with Crippen LogP contribution in [0.1, 0.15) is 39.5 Å². The van der Waals surface area contributed by atoms with Crippen molar-refractivity contribution in [3.8, 4) is 0 Å². The van der Waals surface area contributed by atoms with Crippen LogP contribution in [0.25, 0.3) is 0 Å². The Morgan fingerprint density at radius 1 is 1.63 bits per heavy atom. The van der Waals surface area contributed by atoms with E-state index in [2.05, 4.69) is 12.2 Å². The lowest BCUT2D eigenvalue weighted by molar-refractivity contribution is -0.126. The number of carbonyl (C=O) groups is 1. The van der Waals surface area contributed by atoms with Gasteiger partial charge in [0.25, 0.3) is 0 Å². The Morgan fingerprint density at radius 3 is 3.05 bits per heavy atom. The van der Waals surface area contributed by atoms with Crippen LogP contribution in [0.15, 0.2) is 0 Å². The molecule has 4 nitrogen and oxygen atoms in total. The van der Waals surface area contributed by atoms with Crippen molar-refractivity contribution in [3.05, 3.63) is 0 Å². The third-order valence-electron chi connectivity index (χ3n) is 4.47. The maximum atomic E-state index is 12.1. The van der Waals surface area contributed by atoms with Gasteiger partial charge < -0.3 is 15.8 Å². The van der Waals surface area contributed by atoms with E-state index < -0.39 is 0 Å². The third kappa shape index (κ3) is 3.64. The van der Waals surface area contributed by atoms with E-state index >= 15 is 0 Å². The molecule has 1 amide bonds. The van der Waals surface area contributed by atoms with Crippen molar-refractivity contribution in [2.24, 2.45) is 11.7 Å². The first-order valence-electron chi connectivity index (χ1n) is 7.34. The number of rotatable bonds is 4. The zero-order valence-electron chi connectivity index (χ0n) is 12.0. The van der Waals surface area contributed by atoms with Gasteiger partial charge in [0.05, 0.1) is 11.6 Å². The number of hydrogen-bond acceptors (Lipinski definition) is 4. The number of amides is 1. The summed E-state index contributed by atoms with van der Waals surface area (Å²) < 4.78 is 5.96. The summed E-state index contributed by atoms with van der Waals surface area (Å²) in [6.45, 7) is 4.85.